The van der Waals surface area contributed by atoms with Gasteiger partial charge in [-0.1, -0.05) is 12.1 Å². The average molecular weight is 315 g/mol. The lowest BCUT2D eigenvalue weighted by atomic mass is 9.74. The topological polar surface area (TPSA) is 57.6 Å². The summed E-state index contributed by atoms with van der Waals surface area (Å²) in [5.74, 6) is -0.113. The Morgan fingerprint density at radius 1 is 1.22 bits per heavy atom. The van der Waals surface area contributed by atoms with Crippen molar-refractivity contribution in [2.45, 2.75) is 45.4 Å². The number of nitrogens with zero attached hydrogens (tertiary/aromatic N) is 1. The van der Waals surface area contributed by atoms with Gasteiger partial charge in [0.15, 0.2) is 0 Å². The van der Waals surface area contributed by atoms with Crippen molar-refractivity contribution in [1.29, 1.82) is 0 Å². The van der Waals surface area contributed by atoms with E-state index < -0.39 is 11.4 Å². The molecule has 1 N–H and O–H groups in total. The summed E-state index contributed by atoms with van der Waals surface area (Å²) in [6, 6.07) is 7.95. The highest BCUT2D eigenvalue weighted by Gasteiger charge is 2.40. The number of aliphatic carboxylic acids is 1. The number of hydrogen-bond acceptors (Lipinski definition) is 2. The van der Waals surface area contributed by atoms with Crippen LogP contribution >= 0.6 is 0 Å². The van der Waals surface area contributed by atoms with Crippen molar-refractivity contribution >= 4 is 11.9 Å². The first kappa shape index (κ1) is 16.0. The van der Waals surface area contributed by atoms with E-state index in [0.29, 0.717) is 12.5 Å². The molecule has 1 saturated heterocycles. The molecule has 2 aliphatic rings. The van der Waals surface area contributed by atoms with Gasteiger partial charge in [-0.15, -0.1) is 0 Å². The number of hydrogen-bond donors (Lipinski definition) is 1. The molecule has 1 unspecified atom stereocenters. The fraction of sp³-hybridized carbons (Fsp3) is 0.579. The molecule has 1 aromatic rings. The number of carbonyl (C=O) groups is 2. The molecule has 124 valence electrons. The van der Waals surface area contributed by atoms with E-state index in [4.69, 9.17) is 0 Å². The molecule has 1 saturated carbocycles. The zero-order valence-corrected chi connectivity index (χ0v) is 13.9. The quantitative estimate of drug-likeness (QED) is 0.924. The van der Waals surface area contributed by atoms with E-state index in [1.54, 1.807) is 13.8 Å². The number of likely N-dealkylation sites (tertiary alicyclic amines) is 1. The van der Waals surface area contributed by atoms with Gasteiger partial charge in [-0.05, 0) is 69.1 Å². The van der Waals surface area contributed by atoms with Crippen molar-refractivity contribution in [1.82, 2.24) is 4.90 Å². The normalized spacial score (nSPS) is 22.0. The molecule has 3 rings (SSSR count). The van der Waals surface area contributed by atoms with Crippen molar-refractivity contribution in [3.63, 3.8) is 0 Å². The van der Waals surface area contributed by atoms with E-state index in [0.717, 1.165) is 24.9 Å². The van der Waals surface area contributed by atoms with Gasteiger partial charge in [-0.2, -0.15) is 0 Å². The number of benzene rings is 1. The highest BCUT2D eigenvalue weighted by Crippen LogP contribution is 2.40. The fourth-order valence-electron chi connectivity index (χ4n) is 3.45. The number of amides is 1. The molecule has 1 atom stereocenters. The van der Waals surface area contributed by atoms with Crippen LogP contribution in [0.5, 0.6) is 0 Å². The number of carboxylic acids is 1. The van der Waals surface area contributed by atoms with E-state index in [9.17, 15) is 14.7 Å². The summed E-state index contributed by atoms with van der Waals surface area (Å²) in [5, 5.41) is 9.44. The highest BCUT2D eigenvalue weighted by atomic mass is 16.4. The van der Waals surface area contributed by atoms with E-state index in [1.165, 1.54) is 18.4 Å². The minimum atomic E-state index is -0.797. The van der Waals surface area contributed by atoms with Crippen LogP contribution in [0.2, 0.25) is 0 Å². The Labute approximate surface area is 137 Å². The zero-order valence-electron chi connectivity index (χ0n) is 13.9. The maximum absolute atomic E-state index is 12.8. The van der Waals surface area contributed by atoms with Crippen LogP contribution in [0.15, 0.2) is 24.3 Å². The molecule has 1 aromatic carbocycles. The van der Waals surface area contributed by atoms with Gasteiger partial charge in [0.2, 0.25) is 0 Å². The number of piperidine rings is 1. The molecular weight excluding hydrogens is 290 g/mol. The Balaban J connectivity index is 1.74. The number of carbonyl (C=O) groups excluding carboxylic acids is 1. The number of carboxylic acid groups (broad SMARTS) is 1. The van der Waals surface area contributed by atoms with E-state index >= 15 is 0 Å². The lowest BCUT2D eigenvalue weighted by Gasteiger charge is -2.39. The second-order valence-electron chi connectivity index (χ2n) is 7.52. The summed E-state index contributed by atoms with van der Waals surface area (Å²) >= 11 is 0. The molecule has 0 radical (unpaired) electrons. The van der Waals surface area contributed by atoms with Crippen LogP contribution in [0.4, 0.5) is 0 Å². The third kappa shape index (κ3) is 3.26. The van der Waals surface area contributed by atoms with Gasteiger partial charge < -0.3 is 10.0 Å². The van der Waals surface area contributed by atoms with E-state index in [2.05, 4.69) is 6.07 Å². The van der Waals surface area contributed by atoms with Gasteiger partial charge in [-0.25, -0.2) is 0 Å². The number of rotatable bonds is 4. The molecule has 4 nitrogen and oxygen atoms in total. The Morgan fingerprint density at radius 3 is 2.61 bits per heavy atom. The summed E-state index contributed by atoms with van der Waals surface area (Å²) in [6.07, 6.45) is 4.17. The van der Waals surface area contributed by atoms with Gasteiger partial charge in [0.25, 0.3) is 5.91 Å². The lowest BCUT2D eigenvalue weighted by Crippen LogP contribution is -2.46. The first-order valence-corrected chi connectivity index (χ1v) is 8.52. The fourth-order valence-corrected chi connectivity index (χ4v) is 3.45. The van der Waals surface area contributed by atoms with Gasteiger partial charge >= 0.3 is 5.97 Å². The van der Waals surface area contributed by atoms with Crippen molar-refractivity contribution in [3.8, 4) is 0 Å². The van der Waals surface area contributed by atoms with E-state index in [-0.39, 0.29) is 11.8 Å². The molecule has 1 aliphatic heterocycles. The Morgan fingerprint density at radius 2 is 1.96 bits per heavy atom. The molecule has 4 heteroatoms. The maximum atomic E-state index is 12.8. The van der Waals surface area contributed by atoms with Crippen molar-refractivity contribution < 1.29 is 14.7 Å². The van der Waals surface area contributed by atoms with E-state index in [1.807, 2.05) is 23.1 Å². The predicted molar refractivity (Wildman–Crippen MR) is 88.5 cm³/mol. The smallest absolute Gasteiger partial charge is 0.309 e. The summed E-state index contributed by atoms with van der Waals surface area (Å²) < 4.78 is 0. The third-order valence-electron chi connectivity index (χ3n) is 5.46. The van der Waals surface area contributed by atoms with Crippen LogP contribution in [-0.2, 0) is 4.79 Å². The van der Waals surface area contributed by atoms with Crippen LogP contribution < -0.4 is 0 Å². The largest absolute Gasteiger partial charge is 0.481 e. The first-order chi connectivity index (χ1) is 10.9. The standard InChI is InChI=1S/C19H25NO3/c1-19(2,18(22)23)16-7-4-10-20(12-16)17(21)15-6-3-5-14(11-15)13-8-9-13/h3,5-6,11,13,16H,4,7-10,12H2,1-2H3,(H,22,23). The minimum Gasteiger partial charge on any atom is -0.481 e. The SMILES string of the molecule is CC(C)(C(=O)O)C1CCCN(C(=O)c2cccc(C3CC3)c2)C1. The molecule has 23 heavy (non-hydrogen) atoms. The van der Waals surface area contributed by atoms with Gasteiger partial charge in [0, 0.05) is 18.7 Å². The summed E-state index contributed by atoms with van der Waals surface area (Å²) in [5.41, 5.74) is 1.20. The molecule has 2 fully saturated rings. The molecule has 1 amide bonds. The summed E-state index contributed by atoms with van der Waals surface area (Å²) in [6.45, 7) is 4.79. The second-order valence-corrected chi connectivity index (χ2v) is 7.52. The monoisotopic (exact) mass is 315 g/mol. The van der Waals surface area contributed by atoms with Crippen molar-refractivity contribution in [3.05, 3.63) is 35.4 Å². The molecular formula is C19H25NO3. The first-order valence-electron chi connectivity index (χ1n) is 8.52. The average Bonchev–Trinajstić information content (AvgIpc) is 3.39. The van der Waals surface area contributed by atoms with Crippen LogP contribution in [0, 0.1) is 11.3 Å². The third-order valence-corrected chi connectivity index (χ3v) is 5.46. The molecule has 1 heterocycles. The van der Waals surface area contributed by atoms with Gasteiger partial charge in [-0.3, -0.25) is 9.59 Å². The molecule has 0 aromatic heterocycles. The van der Waals surface area contributed by atoms with Crippen molar-refractivity contribution in [2.75, 3.05) is 13.1 Å². The lowest BCUT2D eigenvalue weighted by molar-refractivity contribution is -0.151. The van der Waals surface area contributed by atoms with Crippen LogP contribution in [0.1, 0.15) is 61.4 Å². The predicted octanol–water partition coefficient (Wildman–Crippen LogP) is 3.53. The Hall–Kier alpha value is -1.84. The van der Waals surface area contributed by atoms with Crippen LogP contribution in [0.25, 0.3) is 0 Å². The van der Waals surface area contributed by atoms with Crippen molar-refractivity contribution in [2.24, 2.45) is 11.3 Å². The Kier molecular flexibility index (Phi) is 4.17. The van der Waals surface area contributed by atoms with Crippen LogP contribution in [-0.4, -0.2) is 35.0 Å². The minimum absolute atomic E-state index is 0.00400. The molecule has 0 bridgehead atoms. The van der Waals surface area contributed by atoms with Gasteiger partial charge in [0.1, 0.15) is 0 Å². The van der Waals surface area contributed by atoms with Gasteiger partial charge in [0.05, 0.1) is 5.41 Å². The Bertz CT molecular complexity index is 619. The maximum Gasteiger partial charge on any atom is 0.309 e. The summed E-state index contributed by atoms with van der Waals surface area (Å²) in [7, 11) is 0. The molecule has 0 spiro atoms. The highest BCUT2D eigenvalue weighted by molar-refractivity contribution is 5.94. The van der Waals surface area contributed by atoms with Crippen LogP contribution in [0.3, 0.4) is 0 Å². The second kappa shape index (κ2) is 5.99. The summed E-state index contributed by atoms with van der Waals surface area (Å²) in [4.78, 5) is 26.1. The molecule has 1 aliphatic carbocycles. The zero-order chi connectivity index (χ0) is 16.6.